The lowest BCUT2D eigenvalue weighted by atomic mass is 10.2. The standard InChI is InChI=1S/C18H13NO4S3/c20-17-16(25-18(24)19-17)12-6-8-13-7-4-5-11-15(13)23-26(21,22)14-9-2-1-3-10-14/h1-12H,(H,19,20,24)/b8-6+,16-12-. The Morgan fingerprint density at radius 2 is 1.73 bits per heavy atom. The van der Waals surface area contributed by atoms with Crippen molar-refractivity contribution in [3.63, 3.8) is 0 Å². The number of hydrogen-bond donors (Lipinski definition) is 1. The Bertz CT molecular complexity index is 1010. The smallest absolute Gasteiger partial charge is 0.339 e. The largest absolute Gasteiger partial charge is 0.378 e. The van der Waals surface area contributed by atoms with Gasteiger partial charge < -0.3 is 9.50 Å². The predicted octanol–water partition coefficient (Wildman–Crippen LogP) is 3.50. The van der Waals surface area contributed by atoms with E-state index in [-0.39, 0.29) is 16.6 Å². The van der Waals surface area contributed by atoms with Crippen LogP contribution in [0.2, 0.25) is 0 Å². The summed E-state index contributed by atoms with van der Waals surface area (Å²) in [5.41, 5.74) is 0.565. The molecule has 1 aliphatic heterocycles. The molecule has 0 aliphatic carbocycles. The lowest BCUT2D eigenvalue weighted by Gasteiger charge is -2.09. The first-order chi connectivity index (χ1) is 12.5. The van der Waals surface area contributed by atoms with Gasteiger partial charge in [-0.3, -0.25) is 4.79 Å². The summed E-state index contributed by atoms with van der Waals surface area (Å²) in [6.07, 6.45) is 4.92. The first-order valence-corrected chi connectivity index (χ1v) is 10.1. The molecule has 1 heterocycles. The number of thiocarbonyl (C=S) groups is 1. The number of amides is 1. The molecule has 1 saturated heterocycles. The fraction of sp³-hybridized carbons (Fsp3) is 0. The van der Waals surface area contributed by atoms with Crippen LogP contribution in [-0.4, -0.2) is 18.6 Å². The topological polar surface area (TPSA) is 72.5 Å². The number of carbonyl (C=O) groups excluding carboxylic acids is 1. The maximum absolute atomic E-state index is 12.4. The Kier molecular flexibility index (Phi) is 5.55. The summed E-state index contributed by atoms with van der Waals surface area (Å²) in [6, 6.07) is 14.7. The van der Waals surface area contributed by atoms with E-state index in [0.717, 1.165) is 0 Å². The minimum atomic E-state index is -3.93. The van der Waals surface area contributed by atoms with Crippen LogP contribution in [0.15, 0.2) is 76.5 Å². The first-order valence-electron chi connectivity index (χ1n) is 7.46. The summed E-state index contributed by atoms with van der Waals surface area (Å²) in [4.78, 5) is 12.2. The van der Waals surface area contributed by atoms with E-state index in [4.69, 9.17) is 16.4 Å². The molecule has 0 spiro atoms. The van der Waals surface area contributed by atoms with E-state index in [0.29, 0.717) is 14.8 Å². The van der Waals surface area contributed by atoms with Gasteiger partial charge in [-0.25, -0.2) is 0 Å². The second-order valence-electron chi connectivity index (χ2n) is 5.12. The molecule has 1 aliphatic rings. The van der Waals surface area contributed by atoms with Crippen LogP contribution < -0.4 is 9.50 Å². The van der Waals surface area contributed by atoms with Crippen LogP contribution >= 0.6 is 24.0 Å². The Balaban J connectivity index is 1.83. The zero-order chi connectivity index (χ0) is 18.6. The summed E-state index contributed by atoms with van der Waals surface area (Å²) >= 11 is 6.10. The Morgan fingerprint density at radius 3 is 2.42 bits per heavy atom. The van der Waals surface area contributed by atoms with Crippen LogP contribution in [0.4, 0.5) is 0 Å². The number of hydrogen-bond acceptors (Lipinski definition) is 6. The summed E-state index contributed by atoms with van der Waals surface area (Å²) in [5, 5.41) is 2.53. The third kappa shape index (κ3) is 4.40. The Morgan fingerprint density at radius 1 is 1.04 bits per heavy atom. The van der Waals surface area contributed by atoms with Crippen LogP contribution in [-0.2, 0) is 14.9 Å². The molecule has 0 bridgehead atoms. The van der Waals surface area contributed by atoms with E-state index in [9.17, 15) is 13.2 Å². The molecule has 0 aromatic heterocycles. The molecule has 2 aromatic carbocycles. The number of allylic oxidation sites excluding steroid dienone is 2. The molecule has 0 radical (unpaired) electrons. The first kappa shape index (κ1) is 18.4. The van der Waals surface area contributed by atoms with Gasteiger partial charge in [0.25, 0.3) is 5.91 Å². The van der Waals surface area contributed by atoms with E-state index < -0.39 is 10.1 Å². The van der Waals surface area contributed by atoms with Crippen molar-refractivity contribution in [2.75, 3.05) is 0 Å². The van der Waals surface area contributed by atoms with Crippen LogP contribution in [0.5, 0.6) is 5.75 Å². The molecular weight excluding hydrogens is 390 g/mol. The number of rotatable bonds is 5. The Hall–Kier alpha value is -2.42. The SMILES string of the molecule is O=C1NC(=S)S/C1=C\C=C\c1ccccc1OS(=O)(=O)c1ccccc1. The van der Waals surface area contributed by atoms with Gasteiger partial charge in [0.05, 0.1) is 4.91 Å². The normalized spacial score (nSPS) is 16.2. The molecule has 1 fully saturated rings. The zero-order valence-electron chi connectivity index (χ0n) is 13.3. The average molecular weight is 404 g/mol. The van der Waals surface area contributed by atoms with Gasteiger partial charge in [-0.2, -0.15) is 8.42 Å². The molecule has 2 aromatic rings. The number of thioether (sulfide) groups is 1. The van der Waals surface area contributed by atoms with E-state index in [1.165, 1.54) is 23.9 Å². The third-order valence-corrected chi connectivity index (χ3v) is 5.75. The lowest BCUT2D eigenvalue weighted by Crippen LogP contribution is -2.17. The van der Waals surface area contributed by atoms with E-state index in [1.807, 2.05) is 0 Å². The van der Waals surface area contributed by atoms with Gasteiger partial charge in [0.15, 0.2) is 0 Å². The van der Waals surface area contributed by atoms with Gasteiger partial charge in [-0.05, 0) is 24.3 Å². The van der Waals surface area contributed by atoms with Gasteiger partial charge >= 0.3 is 10.1 Å². The van der Waals surface area contributed by atoms with Gasteiger partial charge in [0.2, 0.25) is 0 Å². The highest BCUT2D eigenvalue weighted by atomic mass is 32.2. The number of benzene rings is 2. The number of carbonyl (C=O) groups is 1. The molecule has 8 heteroatoms. The molecule has 0 saturated carbocycles. The van der Waals surface area contributed by atoms with Crippen molar-refractivity contribution in [2.45, 2.75) is 4.90 Å². The second-order valence-corrected chi connectivity index (χ2v) is 8.39. The van der Waals surface area contributed by atoms with Crippen molar-refractivity contribution in [1.29, 1.82) is 0 Å². The van der Waals surface area contributed by atoms with E-state index in [2.05, 4.69) is 5.32 Å². The van der Waals surface area contributed by atoms with Gasteiger partial charge in [-0.1, -0.05) is 72.5 Å². The Labute approximate surface area is 160 Å². The van der Waals surface area contributed by atoms with Crippen molar-refractivity contribution in [3.05, 3.63) is 77.2 Å². The molecule has 1 N–H and O–H groups in total. The van der Waals surface area contributed by atoms with Gasteiger partial charge in [0, 0.05) is 5.56 Å². The monoisotopic (exact) mass is 403 g/mol. The fourth-order valence-corrected chi connectivity index (χ4v) is 4.09. The lowest BCUT2D eigenvalue weighted by molar-refractivity contribution is -0.115. The van der Waals surface area contributed by atoms with Crippen molar-refractivity contribution < 1.29 is 17.4 Å². The molecular formula is C18H13NO4S3. The van der Waals surface area contributed by atoms with E-state index >= 15 is 0 Å². The molecule has 132 valence electrons. The zero-order valence-corrected chi connectivity index (χ0v) is 15.7. The van der Waals surface area contributed by atoms with Crippen molar-refractivity contribution >= 4 is 50.4 Å². The molecule has 5 nitrogen and oxygen atoms in total. The highest BCUT2D eigenvalue weighted by Gasteiger charge is 2.21. The van der Waals surface area contributed by atoms with Crippen LogP contribution in [0, 0.1) is 0 Å². The summed E-state index contributed by atoms with van der Waals surface area (Å²) < 4.78 is 30.5. The van der Waals surface area contributed by atoms with Crippen molar-refractivity contribution in [3.8, 4) is 5.75 Å². The average Bonchev–Trinajstić information content (AvgIpc) is 2.94. The quantitative estimate of drug-likeness (QED) is 0.468. The maximum atomic E-state index is 12.4. The summed E-state index contributed by atoms with van der Waals surface area (Å²) in [6.45, 7) is 0. The fourth-order valence-electron chi connectivity index (χ4n) is 2.12. The molecule has 3 rings (SSSR count). The number of para-hydroxylation sites is 1. The molecule has 0 atom stereocenters. The second kappa shape index (κ2) is 7.86. The van der Waals surface area contributed by atoms with Gasteiger partial charge in [0.1, 0.15) is 15.0 Å². The van der Waals surface area contributed by atoms with Crippen LogP contribution in [0.1, 0.15) is 5.56 Å². The third-order valence-electron chi connectivity index (χ3n) is 3.32. The van der Waals surface area contributed by atoms with E-state index in [1.54, 1.807) is 60.7 Å². The minimum absolute atomic E-state index is 0.0773. The molecule has 1 amide bonds. The van der Waals surface area contributed by atoms with Gasteiger partial charge in [-0.15, -0.1) is 0 Å². The highest BCUT2D eigenvalue weighted by Crippen LogP contribution is 2.26. The summed E-state index contributed by atoms with van der Waals surface area (Å²) in [5.74, 6) is -0.0501. The molecule has 26 heavy (non-hydrogen) atoms. The minimum Gasteiger partial charge on any atom is -0.378 e. The predicted molar refractivity (Wildman–Crippen MR) is 106 cm³/mol. The van der Waals surface area contributed by atoms with Crippen molar-refractivity contribution in [2.24, 2.45) is 0 Å². The summed E-state index contributed by atoms with van der Waals surface area (Å²) in [7, 11) is -3.93. The number of nitrogens with one attached hydrogen (secondary N) is 1. The van der Waals surface area contributed by atoms with Crippen LogP contribution in [0.25, 0.3) is 6.08 Å². The maximum Gasteiger partial charge on any atom is 0.339 e. The molecule has 0 unspecified atom stereocenters. The highest BCUT2D eigenvalue weighted by molar-refractivity contribution is 8.26. The van der Waals surface area contributed by atoms with Crippen LogP contribution in [0.3, 0.4) is 0 Å². The van der Waals surface area contributed by atoms with Crippen molar-refractivity contribution in [1.82, 2.24) is 5.32 Å².